The Morgan fingerprint density at radius 2 is 1.48 bits per heavy atom. The number of hydrogen-bond acceptors (Lipinski definition) is 1. The van der Waals surface area contributed by atoms with E-state index in [4.69, 9.17) is 4.98 Å². The summed E-state index contributed by atoms with van der Waals surface area (Å²) < 4.78 is 2.12. The first kappa shape index (κ1) is 13.5. The summed E-state index contributed by atoms with van der Waals surface area (Å²) >= 11 is 0. The van der Waals surface area contributed by atoms with Gasteiger partial charge in [-0.3, -0.25) is 0 Å². The number of fused-ring (bicyclic) bond motifs is 8. The summed E-state index contributed by atoms with van der Waals surface area (Å²) in [6, 6.07) is 25.9. The number of aromatic nitrogens is 3. The van der Waals surface area contributed by atoms with Gasteiger partial charge in [0, 0.05) is 28.3 Å². The van der Waals surface area contributed by atoms with Crippen molar-refractivity contribution in [3.8, 4) is 0 Å². The van der Waals surface area contributed by atoms with E-state index in [2.05, 4.69) is 82.5 Å². The van der Waals surface area contributed by atoms with Crippen molar-refractivity contribution in [3.05, 3.63) is 79.0 Å². The standard InChI is InChI=1S/C24H13N3/c1-2-10-19-16(7-1)23-20(25-19)11-12-27-21(23)13-18-15-8-3-5-14-6-4-9-17(22(14)15)24(18)26-27/h1-13H/p+1. The van der Waals surface area contributed by atoms with Crippen LogP contribution in [0.3, 0.4) is 0 Å². The molecular weight excluding hydrogens is 330 g/mol. The van der Waals surface area contributed by atoms with Crippen LogP contribution in [0.15, 0.2) is 79.0 Å². The first-order chi connectivity index (χ1) is 13.4. The van der Waals surface area contributed by atoms with E-state index >= 15 is 0 Å². The van der Waals surface area contributed by atoms with Gasteiger partial charge in [-0.25, -0.2) is 4.98 Å². The second-order valence-corrected chi connectivity index (χ2v) is 7.21. The molecule has 0 saturated heterocycles. The van der Waals surface area contributed by atoms with Crippen LogP contribution in [0.2, 0.25) is 0 Å². The quantitative estimate of drug-likeness (QED) is 0.370. The molecule has 3 nitrogen and oxygen atoms in total. The van der Waals surface area contributed by atoms with Crippen molar-refractivity contribution in [1.29, 1.82) is 0 Å². The second kappa shape index (κ2) is 4.51. The van der Waals surface area contributed by atoms with Crippen molar-refractivity contribution >= 4 is 59.8 Å². The van der Waals surface area contributed by atoms with Gasteiger partial charge >= 0.3 is 0 Å². The number of benzene rings is 3. The summed E-state index contributed by atoms with van der Waals surface area (Å²) in [5.41, 5.74) is 4.43. The smallest absolute Gasteiger partial charge is 0.246 e. The molecule has 4 aromatic carbocycles. The van der Waals surface area contributed by atoms with Gasteiger partial charge in [-0.2, -0.15) is 5.10 Å². The highest BCUT2D eigenvalue weighted by Crippen LogP contribution is 2.37. The molecule has 0 unspecified atom stereocenters. The Morgan fingerprint density at radius 3 is 2.41 bits per heavy atom. The third-order valence-corrected chi connectivity index (χ3v) is 5.81. The predicted molar refractivity (Wildman–Crippen MR) is 110 cm³/mol. The molecule has 0 atom stereocenters. The van der Waals surface area contributed by atoms with Crippen LogP contribution in [0.4, 0.5) is 0 Å². The van der Waals surface area contributed by atoms with E-state index < -0.39 is 0 Å². The predicted octanol–water partition coefficient (Wildman–Crippen LogP) is 5.35. The number of para-hydroxylation sites is 1. The second-order valence-electron chi connectivity index (χ2n) is 7.21. The number of nitrogens with one attached hydrogen (secondary N) is 1. The van der Waals surface area contributed by atoms with Gasteiger partial charge in [-0.05, 0) is 22.2 Å². The van der Waals surface area contributed by atoms with E-state index in [-0.39, 0.29) is 0 Å². The molecule has 1 N–H and O–H groups in total. The van der Waals surface area contributed by atoms with Crippen LogP contribution in [0.1, 0.15) is 0 Å². The molecule has 0 amide bonds. The third-order valence-electron chi connectivity index (χ3n) is 5.81. The molecule has 0 aliphatic rings. The Hall–Kier alpha value is -3.72. The molecule has 7 aromatic rings. The summed E-state index contributed by atoms with van der Waals surface area (Å²) in [5, 5.41) is 12.5. The van der Waals surface area contributed by atoms with Crippen molar-refractivity contribution in [2.75, 3.05) is 0 Å². The molecule has 7 rings (SSSR count). The molecule has 0 fully saturated rings. The fraction of sp³-hybridized carbons (Fsp3) is 0. The zero-order chi connectivity index (χ0) is 17.5. The van der Waals surface area contributed by atoms with Crippen molar-refractivity contribution in [2.24, 2.45) is 0 Å². The van der Waals surface area contributed by atoms with E-state index in [1.54, 1.807) is 0 Å². The van der Waals surface area contributed by atoms with Crippen LogP contribution in [-0.4, -0.2) is 10.1 Å². The van der Waals surface area contributed by atoms with Crippen LogP contribution >= 0.6 is 0 Å². The molecule has 0 aliphatic carbocycles. The largest absolute Gasteiger partial charge is 0.247 e. The van der Waals surface area contributed by atoms with Crippen LogP contribution in [-0.2, 0) is 0 Å². The number of rotatable bonds is 0. The van der Waals surface area contributed by atoms with Crippen molar-refractivity contribution in [2.45, 2.75) is 0 Å². The highest BCUT2D eigenvalue weighted by atomic mass is 15.2. The Labute approximate surface area is 153 Å². The highest BCUT2D eigenvalue weighted by Gasteiger charge is 2.19. The Bertz CT molecular complexity index is 1670. The molecule has 0 spiro atoms. The molecule has 0 saturated carbocycles. The average Bonchev–Trinajstić information content (AvgIpc) is 3.25. The number of aromatic amines is 1. The highest BCUT2D eigenvalue weighted by molar-refractivity contribution is 6.29. The summed E-state index contributed by atoms with van der Waals surface area (Å²) in [4.78, 5) is 4.81. The van der Waals surface area contributed by atoms with E-state index in [0.717, 1.165) is 16.6 Å². The minimum atomic E-state index is 1.04. The Kier molecular flexibility index (Phi) is 2.25. The summed E-state index contributed by atoms with van der Waals surface area (Å²) in [7, 11) is 0. The van der Waals surface area contributed by atoms with Crippen molar-refractivity contribution in [1.82, 2.24) is 10.1 Å². The molecule has 3 heterocycles. The van der Waals surface area contributed by atoms with Gasteiger partial charge in [0.1, 0.15) is 5.52 Å². The Balaban J connectivity index is 1.79. The lowest BCUT2D eigenvalue weighted by molar-refractivity contribution is -0.576. The van der Waals surface area contributed by atoms with Gasteiger partial charge < -0.3 is 0 Å². The summed E-state index contributed by atoms with van der Waals surface area (Å²) in [6.07, 6.45) is 2.08. The lowest BCUT2D eigenvalue weighted by Crippen LogP contribution is -2.25. The maximum atomic E-state index is 4.81. The maximum absolute atomic E-state index is 4.81. The normalized spacial score (nSPS) is 12.4. The van der Waals surface area contributed by atoms with E-state index in [1.807, 2.05) is 6.07 Å². The van der Waals surface area contributed by atoms with Crippen molar-refractivity contribution < 1.29 is 4.52 Å². The molecule has 0 radical (unpaired) electrons. The van der Waals surface area contributed by atoms with Crippen LogP contribution in [0, 0.1) is 0 Å². The van der Waals surface area contributed by atoms with E-state index in [9.17, 15) is 0 Å². The fourth-order valence-electron chi connectivity index (χ4n) is 4.66. The van der Waals surface area contributed by atoms with Gasteiger partial charge in [-0.15, -0.1) is 0 Å². The first-order valence-corrected chi connectivity index (χ1v) is 9.17. The summed E-state index contributed by atoms with van der Waals surface area (Å²) in [6.45, 7) is 0. The summed E-state index contributed by atoms with van der Waals surface area (Å²) in [5.74, 6) is 0. The molecule has 124 valence electrons. The lowest BCUT2D eigenvalue weighted by Gasteiger charge is -1.97. The minimum absolute atomic E-state index is 1.04. The lowest BCUT2D eigenvalue weighted by atomic mass is 10.1. The first-order valence-electron chi connectivity index (χ1n) is 9.17. The van der Waals surface area contributed by atoms with E-state index in [0.29, 0.717) is 0 Å². The number of nitrogens with zero attached hydrogens (tertiary/aromatic N) is 2. The molecule has 3 heteroatoms. The van der Waals surface area contributed by atoms with Crippen LogP contribution < -0.4 is 4.52 Å². The zero-order valence-corrected chi connectivity index (χ0v) is 14.4. The number of H-pyrrole nitrogens is 1. The maximum Gasteiger partial charge on any atom is 0.246 e. The SMILES string of the molecule is c1ccc2c(c1)nc1cc[n+]3[nH]c4c(cc3c12)c1cccc2cccc4c21. The minimum Gasteiger partial charge on any atom is -0.247 e. The topological polar surface area (TPSA) is 32.8 Å². The van der Waals surface area contributed by atoms with Gasteiger partial charge in [0.05, 0.1) is 16.4 Å². The zero-order valence-electron chi connectivity index (χ0n) is 14.4. The number of hydrogen-bond donors (Lipinski definition) is 1. The van der Waals surface area contributed by atoms with Gasteiger partial charge in [-0.1, -0.05) is 59.1 Å². The molecule has 27 heavy (non-hydrogen) atoms. The van der Waals surface area contributed by atoms with Crippen molar-refractivity contribution in [3.63, 3.8) is 0 Å². The number of pyridine rings is 1. The molecule has 0 aliphatic heterocycles. The Morgan fingerprint density at radius 1 is 0.667 bits per heavy atom. The fourth-order valence-corrected chi connectivity index (χ4v) is 4.66. The average molecular weight is 344 g/mol. The molecule has 0 bridgehead atoms. The molecular formula is C24H14N3+. The monoisotopic (exact) mass is 344 g/mol. The van der Waals surface area contributed by atoms with Gasteiger partial charge in [0.25, 0.3) is 0 Å². The van der Waals surface area contributed by atoms with E-state index in [1.165, 1.54) is 43.2 Å². The third kappa shape index (κ3) is 1.57. The van der Waals surface area contributed by atoms with Gasteiger partial charge in [0.15, 0.2) is 0 Å². The molecule has 3 aromatic heterocycles. The van der Waals surface area contributed by atoms with Crippen LogP contribution in [0.5, 0.6) is 0 Å². The van der Waals surface area contributed by atoms with Gasteiger partial charge in [0.2, 0.25) is 11.7 Å². The van der Waals surface area contributed by atoms with Crippen LogP contribution in [0.25, 0.3) is 59.8 Å².